The zero-order chi connectivity index (χ0) is 16.9. The molecular formula is C18H20N2O3. The van der Waals surface area contributed by atoms with Crippen molar-refractivity contribution in [2.24, 2.45) is 0 Å². The highest BCUT2D eigenvalue weighted by atomic mass is 16.6. The van der Waals surface area contributed by atoms with Crippen LogP contribution in [0.5, 0.6) is 0 Å². The molecule has 0 saturated carbocycles. The van der Waals surface area contributed by atoms with E-state index in [2.05, 4.69) is 31.3 Å². The average molecular weight is 312 g/mol. The molecule has 2 rings (SSSR count). The van der Waals surface area contributed by atoms with Gasteiger partial charge in [0.25, 0.3) is 5.69 Å². The predicted octanol–water partition coefficient (Wildman–Crippen LogP) is 4.29. The van der Waals surface area contributed by atoms with Gasteiger partial charge in [-0.1, -0.05) is 44.2 Å². The van der Waals surface area contributed by atoms with Gasteiger partial charge in [0.05, 0.1) is 4.92 Å². The molecule has 120 valence electrons. The van der Waals surface area contributed by atoms with Crippen molar-refractivity contribution in [1.29, 1.82) is 0 Å². The molecule has 1 amide bonds. The number of nitrogens with one attached hydrogen (secondary N) is 1. The second-order valence-corrected chi connectivity index (χ2v) is 6.10. The van der Waals surface area contributed by atoms with Gasteiger partial charge in [0.15, 0.2) is 0 Å². The van der Waals surface area contributed by atoms with Crippen LogP contribution in [0.15, 0.2) is 54.6 Å². The van der Waals surface area contributed by atoms with Crippen molar-refractivity contribution in [1.82, 2.24) is 0 Å². The van der Waals surface area contributed by atoms with Gasteiger partial charge in [-0.3, -0.25) is 14.9 Å². The molecule has 2 aromatic rings. The molecule has 0 aliphatic rings. The maximum absolute atomic E-state index is 12.1. The van der Waals surface area contributed by atoms with Gasteiger partial charge in [0.1, 0.15) is 0 Å². The van der Waals surface area contributed by atoms with Crippen molar-refractivity contribution >= 4 is 17.3 Å². The van der Waals surface area contributed by atoms with Crippen LogP contribution in [0.4, 0.5) is 11.4 Å². The third-order valence-corrected chi connectivity index (χ3v) is 3.89. The van der Waals surface area contributed by atoms with E-state index in [4.69, 9.17) is 0 Å². The van der Waals surface area contributed by atoms with Crippen molar-refractivity contribution in [2.75, 3.05) is 5.32 Å². The maximum Gasteiger partial charge on any atom is 0.269 e. The molecule has 0 atom stereocenters. The van der Waals surface area contributed by atoms with Crippen LogP contribution >= 0.6 is 0 Å². The summed E-state index contributed by atoms with van der Waals surface area (Å²) in [5.74, 6) is -0.0946. The summed E-state index contributed by atoms with van der Waals surface area (Å²) in [5.41, 5.74) is 1.68. The number of nitro groups is 1. The lowest BCUT2D eigenvalue weighted by molar-refractivity contribution is -0.384. The Morgan fingerprint density at radius 3 is 2.26 bits per heavy atom. The lowest BCUT2D eigenvalue weighted by Gasteiger charge is -2.25. The summed E-state index contributed by atoms with van der Waals surface area (Å²) in [5, 5.41) is 13.4. The van der Waals surface area contributed by atoms with Gasteiger partial charge in [0, 0.05) is 24.2 Å². The molecular weight excluding hydrogens is 292 g/mol. The molecule has 0 heterocycles. The van der Waals surface area contributed by atoms with E-state index in [1.807, 2.05) is 18.2 Å². The van der Waals surface area contributed by atoms with Gasteiger partial charge in [-0.2, -0.15) is 0 Å². The summed E-state index contributed by atoms with van der Waals surface area (Å²) in [7, 11) is 0. The number of carbonyl (C=O) groups is 1. The maximum atomic E-state index is 12.1. The Bertz CT molecular complexity index is 679. The third-order valence-electron chi connectivity index (χ3n) is 3.89. The molecule has 0 unspecified atom stereocenters. The Morgan fingerprint density at radius 2 is 1.70 bits per heavy atom. The number of anilines is 1. The number of nitro benzene ring substituents is 1. The Hall–Kier alpha value is -2.69. The number of carbonyl (C=O) groups excluding carboxylic acids is 1. The molecule has 0 aliphatic heterocycles. The molecule has 0 aromatic heterocycles. The molecule has 0 fully saturated rings. The first-order valence-corrected chi connectivity index (χ1v) is 7.48. The van der Waals surface area contributed by atoms with E-state index in [9.17, 15) is 14.9 Å². The monoisotopic (exact) mass is 312 g/mol. The average Bonchev–Trinajstić information content (AvgIpc) is 2.54. The van der Waals surface area contributed by atoms with Gasteiger partial charge in [-0.05, 0) is 29.5 Å². The smallest absolute Gasteiger partial charge is 0.269 e. The lowest BCUT2D eigenvalue weighted by Crippen LogP contribution is -2.21. The second-order valence-electron chi connectivity index (χ2n) is 6.10. The second kappa shape index (κ2) is 7.05. The topological polar surface area (TPSA) is 72.2 Å². The minimum Gasteiger partial charge on any atom is -0.326 e. The van der Waals surface area contributed by atoms with Crippen LogP contribution in [0.3, 0.4) is 0 Å². The van der Waals surface area contributed by atoms with E-state index in [0.29, 0.717) is 12.1 Å². The third kappa shape index (κ3) is 4.64. The molecule has 2 aromatic carbocycles. The fourth-order valence-corrected chi connectivity index (χ4v) is 2.35. The van der Waals surface area contributed by atoms with E-state index >= 15 is 0 Å². The molecule has 0 aliphatic carbocycles. The summed E-state index contributed by atoms with van der Waals surface area (Å²) >= 11 is 0. The number of amides is 1. The minimum atomic E-state index is -0.464. The Balaban J connectivity index is 1.91. The fraction of sp³-hybridized carbons (Fsp3) is 0.278. The summed E-state index contributed by atoms with van der Waals surface area (Å²) in [6, 6.07) is 15.9. The first-order chi connectivity index (χ1) is 10.9. The number of benzene rings is 2. The predicted molar refractivity (Wildman–Crippen MR) is 90.4 cm³/mol. The van der Waals surface area contributed by atoms with Gasteiger partial charge < -0.3 is 5.32 Å². The first kappa shape index (κ1) is 16.7. The SMILES string of the molecule is CC(C)(CCC(=O)Nc1ccc([N+](=O)[O-])cc1)c1ccccc1. The van der Waals surface area contributed by atoms with Crippen LogP contribution < -0.4 is 5.32 Å². The molecule has 5 heteroatoms. The van der Waals surface area contributed by atoms with Crippen LogP contribution in [0.1, 0.15) is 32.3 Å². The van der Waals surface area contributed by atoms with Crippen molar-refractivity contribution in [3.05, 3.63) is 70.3 Å². The lowest BCUT2D eigenvalue weighted by atomic mass is 9.80. The largest absolute Gasteiger partial charge is 0.326 e. The molecule has 0 bridgehead atoms. The quantitative estimate of drug-likeness (QED) is 0.638. The standard InChI is InChI=1S/C18H20N2O3/c1-18(2,14-6-4-3-5-7-14)13-12-17(21)19-15-8-10-16(11-9-15)20(22)23/h3-11H,12-13H2,1-2H3,(H,19,21). The highest BCUT2D eigenvalue weighted by Gasteiger charge is 2.21. The van der Waals surface area contributed by atoms with Gasteiger partial charge in [-0.25, -0.2) is 0 Å². The fourth-order valence-electron chi connectivity index (χ4n) is 2.35. The molecule has 0 saturated heterocycles. The van der Waals surface area contributed by atoms with Gasteiger partial charge in [-0.15, -0.1) is 0 Å². The highest BCUT2D eigenvalue weighted by Crippen LogP contribution is 2.28. The zero-order valence-electron chi connectivity index (χ0n) is 13.3. The Morgan fingerprint density at radius 1 is 1.09 bits per heavy atom. The van der Waals surface area contributed by atoms with E-state index in [0.717, 1.165) is 6.42 Å². The van der Waals surface area contributed by atoms with Gasteiger partial charge in [0.2, 0.25) is 5.91 Å². The van der Waals surface area contributed by atoms with E-state index in [1.165, 1.54) is 17.7 Å². The molecule has 23 heavy (non-hydrogen) atoms. The summed E-state index contributed by atoms with van der Waals surface area (Å²) < 4.78 is 0. The number of hydrogen-bond donors (Lipinski definition) is 1. The molecule has 0 radical (unpaired) electrons. The van der Waals surface area contributed by atoms with Crippen molar-refractivity contribution in [3.63, 3.8) is 0 Å². The summed E-state index contributed by atoms with van der Waals surface area (Å²) in [6.07, 6.45) is 1.11. The summed E-state index contributed by atoms with van der Waals surface area (Å²) in [4.78, 5) is 22.2. The van der Waals surface area contributed by atoms with Crippen LogP contribution in [-0.2, 0) is 10.2 Å². The number of nitrogens with zero attached hydrogens (tertiary/aromatic N) is 1. The molecule has 5 nitrogen and oxygen atoms in total. The van der Waals surface area contributed by atoms with Crippen LogP contribution in [0.25, 0.3) is 0 Å². The van der Waals surface area contributed by atoms with Crippen LogP contribution in [0, 0.1) is 10.1 Å². The van der Waals surface area contributed by atoms with E-state index < -0.39 is 4.92 Å². The van der Waals surface area contributed by atoms with E-state index in [-0.39, 0.29) is 17.0 Å². The highest BCUT2D eigenvalue weighted by molar-refractivity contribution is 5.90. The Kier molecular flexibility index (Phi) is 5.11. The molecule has 1 N–H and O–H groups in total. The number of rotatable bonds is 6. The van der Waals surface area contributed by atoms with Crippen molar-refractivity contribution < 1.29 is 9.72 Å². The van der Waals surface area contributed by atoms with E-state index in [1.54, 1.807) is 12.1 Å². The number of non-ortho nitro benzene ring substituents is 1. The minimum absolute atomic E-state index is 0.00760. The van der Waals surface area contributed by atoms with Crippen molar-refractivity contribution in [2.45, 2.75) is 32.1 Å². The van der Waals surface area contributed by atoms with Crippen molar-refractivity contribution in [3.8, 4) is 0 Å². The molecule has 0 spiro atoms. The van der Waals surface area contributed by atoms with Gasteiger partial charge >= 0.3 is 0 Å². The van der Waals surface area contributed by atoms with Crippen LogP contribution in [-0.4, -0.2) is 10.8 Å². The zero-order valence-corrected chi connectivity index (χ0v) is 13.3. The van der Waals surface area contributed by atoms with Crippen LogP contribution in [0.2, 0.25) is 0 Å². The number of hydrogen-bond acceptors (Lipinski definition) is 3. The normalized spacial score (nSPS) is 11.0. The Labute approximate surface area is 135 Å². The first-order valence-electron chi connectivity index (χ1n) is 7.48. The summed E-state index contributed by atoms with van der Waals surface area (Å²) in [6.45, 7) is 4.23.